The third-order valence-corrected chi connectivity index (χ3v) is 7.78. The summed E-state index contributed by atoms with van der Waals surface area (Å²) in [4.78, 5) is 25.9. The van der Waals surface area contributed by atoms with Crippen molar-refractivity contribution >= 4 is 38.8 Å². The predicted octanol–water partition coefficient (Wildman–Crippen LogP) is 3.24. The largest absolute Gasteiger partial charge is 0.390 e. The maximum atomic E-state index is 13.3. The summed E-state index contributed by atoms with van der Waals surface area (Å²) in [5, 5.41) is 3.06. The molecule has 5 rings (SSSR count). The second-order valence-corrected chi connectivity index (χ2v) is 9.75. The number of piperazine rings is 1. The van der Waals surface area contributed by atoms with Crippen LogP contribution < -0.4 is 10.6 Å². The third-order valence-electron chi connectivity index (χ3n) is 6.74. The Morgan fingerprint density at radius 3 is 2.85 bits per heavy atom. The molecule has 0 saturated carbocycles. The number of anilines is 2. The van der Waals surface area contributed by atoms with Crippen LogP contribution in [0.5, 0.6) is 0 Å². The zero-order chi connectivity index (χ0) is 22.8. The Balaban J connectivity index is 1.20. The molecule has 0 atom stereocenters. The van der Waals surface area contributed by atoms with Crippen molar-refractivity contribution in [3.63, 3.8) is 0 Å². The molecule has 33 heavy (non-hydrogen) atoms. The van der Waals surface area contributed by atoms with Gasteiger partial charge in [0, 0.05) is 62.3 Å². The highest BCUT2D eigenvalue weighted by molar-refractivity contribution is 7.16. The zero-order valence-corrected chi connectivity index (χ0v) is 19.9. The van der Waals surface area contributed by atoms with Crippen molar-refractivity contribution in [3.8, 4) is 0 Å². The van der Waals surface area contributed by atoms with E-state index in [0.29, 0.717) is 36.9 Å². The van der Waals surface area contributed by atoms with Crippen LogP contribution >= 0.6 is 11.3 Å². The molecular weight excluding hydrogens is 434 g/mol. The van der Waals surface area contributed by atoms with Gasteiger partial charge in [0.05, 0.1) is 23.8 Å². The van der Waals surface area contributed by atoms with E-state index in [0.717, 1.165) is 55.4 Å². The summed E-state index contributed by atoms with van der Waals surface area (Å²) in [6.07, 6.45) is 2.67. The number of hydrogen-bond donors (Lipinski definition) is 1. The molecule has 3 aromatic rings. The highest BCUT2D eigenvalue weighted by Gasteiger charge is 2.28. The van der Waals surface area contributed by atoms with E-state index in [1.807, 2.05) is 18.0 Å². The number of amides is 1. The zero-order valence-electron chi connectivity index (χ0n) is 19.1. The molecule has 4 heterocycles. The molecule has 0 aliphatic carbocycles. The summed E-state index contributed by atoms with van der Waals surface area (Å²) < 4.78 is 5.54. The first-order valence-corrected chi connectivity index (χ1v) is 12.6. The highest BCUT2D eigenvalue weighted by atomic mass is 32.1. The number of ether oxygens (including phenoxy) is 1. The minimum Gasteiger partial charge on any atom is -0.390 e. The molecule has 2 aromatic heterocycles. The van der Waals surface area contributed by atoms with Crippen LogP contribution in [0.1, 0.15) is 27.7 Å². The number of thiophene rings is 1. The van der Waals surface area contributed by atoms with Crippen molar-refractivity contribution in [1.29, 1.82) is 0 Å². The average Bonchev–Trinajstić information content (AvgIpc) is 3.20. The molecule has 1 saturated heterocycles. The number of nitrogens with two attached hydrogens (primary N) is 1. The third kappa shape index (κ3) is 4.43. The van der Waals surface area contributed by atoms with E-state index >= 15 is 0 Å². The smallest absolute Gasteiger partial charge is 0.257 e. The maximum Gasteiger partial charge on any atom is 0.257 e. The van der Waals surface area contributed by atoms with Crippen molar-refractivity contribution < 1.29 is 9.53 Å². The van der Waals surface area contributed by atoms with Crippen LogP contribution in [0.3, 0.4) is 0 Å². The number of nitrogens with zero attached hydrogens (tertiary/aromatic N) is 4. The van der Waals surface area contributed by atoms with Gasteiger partial charge in [-0.25, -0.2) is 4.98 Å². The number of nitrogen functional groups attached to an aromatic ring is 1. The molecular formula is C25H31N5O2S. The molecule has 7 nitrogen and oxygen atoms in total. The van der Waals surface area contributed by atoms with Crippen LogP contribution in [0.15, 0.2) is 36.5 Å². The number of benzene rings is 1. The summed E-state index contributed by atoms with van der Waals surface area (Å²) in [6, 6.07) is 10.5. The van der Waals surface area contributed by atoms with Gasteiger partial charge in [-0.05, 0) is 30.4 Å². The van der Waals surface area contributed by atoms with Gasteiger partial charge in [-0.3, -0.25) is 9.69 Å². The fourth-order valence-corrected chi connectivity index (χ4v) is 5.90. The lowest BCUT2D eigenvalue weighted by molar-refractivity contribution is 0.0739. The minimum atomic E-state index is 0.0630. The maximum absolute atomic E-state index is 13.3. The van der Waals surface area contributed by atoms with Gasteiger partial charge in [-0.1, -0.05) is 24.3 Å². The Morgan fingerprint density at radius 2 is 2.03 bits per heavy atom. The number of fused-ring (bicyclic) bond motifs is 2. The molecule has 2 N–H and O–H groups in total. The van der Waals surface area contributed by atoms with E-state index in [1.54, 1.807) is 0 Å². The monoisotopic (exact) mass is 465 g/mol. The van der Waals surface area contributed by atoms with E-state index in [4.69, 9.17) is 10.5 Å². The van der Waals surface area contributed by atoms with E-state index in [1.165, 1.54) is 22.1 Å². The Labute approximate surface area is 198 Å². The lowest BCUT2D eigenvalue weighted by Crippen LogP contribution is -2.49. The van der Waals surface area contributed by atoms with Gasteiger partial charge in [0.25, 0.3) is 5.91 Å². The number of rotatable bonds is 6. The normalized spacial score (nSPS) is 16.7. The van der Waals surface area contributed by atoms with Crippen molar-refractivity contribution in [1.82, 2.24) is 14.8 Å². The Bertz CT molecular complexity index is 1130. The summed E-state index contributed by atoms with van der Waals surface area (Å²) in [7, 11) is 0. The lowest BCUT2D eigenvalue weighted by atomic mass is 10.0. The molecule has 1 aromatic carbocycles. The quantitative estimate of drug-likeness (QED) is 0.603. The molecule has 0 radical (unpaired) electrons. The van der Waals surface area contributed by atoms with Crippen LogP contribution in [0.2, 0.25) is 0 Å². The molecule has 174 valence electrons. The van der Waals surface area contributed by atoms with E-state index < -0.39 is 0 Å². The number of carbonyl (C=O) groups is 1. The SMILES string of the molecule is CCN(CCN1CCN(c2nccc3ccccc23)CC1)C(=O)c1c(N)sc2c1CCOC2. The van der Waals surface area contributed by atoms with Crippen molar-refractivity contribution in [3.05, 3.63) is 52.5 Å². The summed E-state index contributed by atoms with van der Waals surface area (Å²) in [6.45, 7) is 9.32. The first-order valence-electron chi connectivity index (χ1n) is 11.7. The topological polar surface area (TPSA) is 74.9 Å². The van der Waals surface area contributed by atoms with Crippen LogP contribution in [-0.2, 0) is 17.8 Å². The Morgan fingerprint density at radius 1 is 1.21 bits per heavy atom. The molecule has 2 aliphatic heterocycles. The van der Waals surface area contributed by atoms with Gasteiger partial charge in [0.2, 0.25) is 0 Å². The van der Waals surface area contributed by atoms with Crippen molar-refractivity contribution in [2.75, 3.05) is 63.1 Å². The van der Waals surface area contributed by atoms with Gasteiger partial charge in [0.1, 0.15) is 5.82 Å². The Hall–Kier alpha value is -2.68. The lowest BCUT2D eigenvalue weighted by Gasteiger charge is -2.36. The number of hydrogen-bond acceptors (Lipinski definition) is 7. The number of pyridine rings is 1. The summed E-state index contributed by atoms with van der Waals surface area (Å²) >= 11 is 1.50. The predicted molar refractivity (Wildman–Crippen MR) is 134 cm³/mol. The van der Waals surface area contributed by atoms with Crippen molar-refractivity contribution in [2.24, 2.45) is 0 Å². The highest BCUT2D eigenvalue weighted by Crippen LogP contribution is 2.35. The fourth-order valence-electron chi connectivity index (χ4n) is 4.85. The summed E-state index contributed by atoms with van der Waals surface area (Å²) in [5.74, 6) is 1.13. The van der Waals surface area contributed by atoms with Gasteiger partial charge >= 0.3 is 0 Å². The number of carbonyl (C=O) groups excluding carboxylic acids is 1. The first kappa shape index (κ1) is 22.1. The van der Waals surface area contributed by atoms with Crippen LogP contribution in [0.25, 0.3) is 10.8 Å². The van der Waals surface area contributed by atoms with Gasteiger partial charge in [-0.2, -0.15) is 0 Å². The molecule has 8 heteroatoms. The first-order chi connectivity index (χ1) is 16.2. The molecule has 0 spiro atoms. The van der Waals surface area contributed by atoms with Gasteiger partial charge < -0.3 is 20.3 Å². The minimum absolute atomic E-state index is 0.0630. The van der Waals surface area contributed by atoms with Crippen LogP contribution in [0.4, 0.5) is 10.8 Å². The van der Waals surface area contributed by atoms with Crippen molar-refractivity contribution in [2.45, 2.75) is 20.0 Å². The Kier molecular flexibility index (Phi) is 6.48. The molecule has 0 unspecified atom stereocenters. The van der Waals surface area contributed by atoms with Gasteiger partial charge in [-0.15, -0.1) is 11.3 Å². The second-order valence-electron chi connectivity index (χ2n) is 8.61. The molecule has 0 bridgehead atoms. The average molecular weight is 466 g/mol. The molecule has 1 amide bonds. The number of aromatic nitrogens is 1. The number of likely N-dealkylation sites (N-methyl/N-ethyl adjacent to an activating group) is 1. The van der Waals surface area contributed by atoms with E-state index in [9.17, 15) is 4.79 Å². The van der Waals surface area contributed by atoms with Crippen LogP contribution in [-0.4, -0.2) is 73.1 Å². The van der Waals surface area contributed by atoms with E-state index in [-0.39, 0.29) is 5.91 Å². The molecule has 1 fully saturated rings. The standard InChI is InChI=1S/C25H31N5O2S/c1-2-29(25(31)22-20-8-16-32-17-21(20)33-23(22)26)13-10-28-11-14-30(15-12-28)24-19-6-4-3-5-18(19)7-9-27-24/h3-7,9H,2,8,10-17,26H2,1H3. The van der Waals surface area contributed by atoms with E-state index in [2.05, 4.69) is 45.1 Å². The second kappa shape index (κ2) is 9.67. The van der Waals surface area contributed by atoms with Crippen LogP contribution in [0, 0.1) is 0 Å². The van der Waals surface area contributed by atoms with Gasteiger partial charge in [0.15, 0.2) is 0 Å². The summed E-state index contributed by atoms with van der Waals surface area (Å²) in [5.41, 5.74) is 8.07. The molecule has 2 aliphatic rings. The fraction of sp³-hybridized carbons (Fsp3) is 0.440.